The van der Waals surface area contributed by atoms with Crippen LogP contribution in [0.5, 0.6) is 0 Å². The number of halogens is 1. The van der Waals surface area contributed by atoms with Gasteiger partial charge in [0.1, 0.15) is 11.4 Å². The summed E-state index contributed by atoms with van der Waals surface area (Å²) in [5.41, 5.74) is -0.193. The Morgan fingerprint density at radius 2 is 1.53 bits per heavy atom. The van der Waals surface area contributed by atoms with Crippen LogP contribution in [0.15, 0.2) is 83.8 Å². The van der Waals surface area contributed by atoms with Gasteiger partial charge in [0.2, 0.25) is 5.43 Å². The summed E-state index contributed by atoms with van der Waals surface area (Å²) in [7, 11) is -2.91. The molecule has 2 heterocycles. The Balaban J connectivity index is 1.40. The molecule has 1 fully saturated rings. The van der Waals surface area contributed by atoms with Gasteiger partial charge < -0.3 is 19.1 Å². The van der Waals surface area contributed by atoms with Gasteiger partial charge in [0.15, 0.2) is 7.14 Å². The van der Waals surface area contributed by atoms with Gasteiger partial charge in [0.05, 0.1) is 17.5 Å². The third kappa shape index (κ3) is 4.77. The van der Waals surface area contributed by atoms with Gasteiger partial charge in [-0.3, -0.25) is 9.69 Å². The number of piperazine rings is 1. The van der Waals surface area contributed by atoms with Crippen molar-refractivity contribution in [1.82, 2.24) is 9.47 Å². The largest absolute Gasteiger partial charge is 0.477 e. The summed E-state index contributed by atoms with van der Waals surface area (Å²) >= 11 is 0. The Morgan fingerprint density at radius 1 is 0.947 bits per heavy atom. The zero-order valence-corrected chi connectivity index (χ0v) is 22.0. The lowest BCUT2D eigenvalue weighted by atomic mass is 10.1. The average molecular weight is 534 g/mol. The van der Waals surface area contributed by atoms with E-state index in [1.54, 1.807) is 10.6 Å². The first-order valence-electron chi connectivity index (χ1n) is 12.6. The van der Waals surface area contributed by atoms with E-state index in [9.17, 15) is 19.3 Å². The first-order chi connectivity index (χ1) is 18.3. The van der Waals surface area contributed by atoms with Gasteiger partial charge in [-0.1, -0.05) is 60.7 Å². The van der Waals surface area contributed by atoms with Crippen molar-refractivity contribution in [1.29, 1.82) is 0 Å². The molecule has 0 unspecified atom stereocenters. The number of pyridine rings is 1. The second-order valence-electron chi connectivity index (χ2n) is 9.44. The van der Waals surface area contributed by atoms with Crippen molar-refractivity contribution < 1.29 is 18.9 Å². The smallest absolute Gasteiger partial charge is 0.341 e. The summed E-state index contributed by atoms with van der Waals surface area (Å²) in [6.45, 7) is 4.52. The molecule has 1 aliphatic heterocycles. The molecule has 1 saturated heterocycles. The van der Waals surface area contributed by atoms with E-state index in [1.165, 1.54) is 6.20 Å². The maximum absolute atomic E-state index is 15.3. The van der Waals surface area contributed by atoms with E-state index >= 15 is 4.39 Å². The fraction of sp³-hybridized carbons (Fsp3) is 0.241. The molecule has 1 aliphatic rings. The van der Waals surface area contributed by atoms with Gasteiger partial charge in [-0.15, -0.1) is 0 Å². The lowest BCUT2D eigenvalue weighted by molar-refractivity contribution is 0.0695. The number of rotatable bonds is 7. The average Bonchev–Trinajstić information content (AvgIpc) is 2.94. The second kappa shape index (κ2) is 10.6. The monoisotopic (exact) mass is 533 g/mol. The van der Waals surface area contributed by atoms with E-state index in [4.69, 9.17) is 0 Å². The summed E-state index contributed by atoms with van der Waals surface area (Å²) < 4.78 is 31.4. The highest BCUT2D eigenvalue weighted by Gasteiger charge is 2.31. The summed E-state index contributed by atoms with van der Waals surface area (Å²) in [5.74, 6) is -1.89. The second-order valence-corrected chi connectivity index (χ2v) is 12.2. The van der Waals surface area contributed by atoms with E-state index in [0.717, 1.165) is 16.7 Å². The number of anilines is 1. The van der Waals surface area contributed by atoms with Crippen LogP contribution < -0.4 is 20.9 Å². The number of nitrogens with zero attached hydrogens (tertiary/aromatic N) is 3. The molecule has 0 bridgehead atoms. The molecule has 38 heavy (non-hydrogen) atoms. The lowest BCUT2D eigenvalue weighted by Crippen LogP contribution is -2.47. The quantitative estimate of drug-likeness (QED) is 0.363. The first kappa shape index (κ1) is 25.9. The minimum Gasteiger partial charge on any atom is -0.477 e. The van der Waals surface area contributed by atoms with Gasteiger partial charge >= 0.3 is 5.97 Å². The topological polar surface area (TPSA) is 82.8 Å². The molecule has 7 nitrogen and oxygen atoms in total. The van der Waals surface area contributed by atoms with Crippen molar-refractivity contribution in [2.45, 2.75) is 13.5 Å². The minimum atomic E-state index is -2.91. The fourth-order valence-electron chi connectivity index (χ4n) is 5.12. The number of hydrogen-bond acceptors (Lipinski definition) is 5. The third-order valence-electron chi connectivity index (χ3n) is 7.18. The van der Waals surface area contributed by atoms with Crippen LogP contribution in [-0.4, -0.2) is 53.0 Å². The Morgan fingerprint density at radius 3 is 2.05 bits per heavy atom. The van der Waals surface area contributed by atoms with Gasteiger partial charge in [0, 0.05) is 54.9 Å². The SMILES string of the molecule is CCn1cc(C(=O)O)c(=O)c2cc(F)c(N3CCN(CP(=O)(c4ccccc4)c4ccccc4)CC3)cc21. The summed E-state index contributed by atoms with van der Waals surface area (Å²) in [4.78, 5) is 28.3. The number of aromatic nitrogens is 1. The summed E-state index contributed by atoms with van der Waals surface area (Å²) in [5, 5.41) is 11.1. The van der Waals surface area contributed by atoms with E-state index < -0.39 is 24.4 Å². The van der Waals surface area contributed by atoms with E-state index in [-0.39, 0.29) is 10.9 Å². The number of carbonyl (C=O) groups is 1. The molecule has 0 radical (unpaired) electrons. The Kier molecular flexibility index (Phi) is 7.19. The van der Waals surface area contributed by atoms with E-state index in [1.807, 2.05) is 72.5 Å². The molecule has 1 N–H and O–H groups in total. The molecule has 0 amide bonds. The van der Waals surface area contributed by atoms with Gasteiger partial charge in [-0.25, -0.2) is 9.18 Å². The maximum atomic E-state index is 15.3. The van der Waals surface area contributed by atoms with Crippen LogP contribution in [0, 0.1) is 5.82 Å². The van der Waals surface area contributed by atoms with Crippen LogP contribution in [0.4, 0.5) is 10.1 Å². The number of benzene rings is 3. The van der Waals surface area contributed by atoms with E-state index in [2.05, 4.69) is 4.90 Å². The van der Waals surface area contributed by atoms with Crippen LogP contribution in [0.1, 0.15) is 17.3 Å². The normalized spacial score (nSPS) is 14.6. The highest BCUT2D eigenvalue weighted by atomic mass is 31.2. The Bertz CT molecular complexity index is 1540. The molecule has 5 rings (SSSR count). The third-order valence-corrected chi connectivity index (χ3v) is 10.2. The van der Waals surface area contributed by atoms with Crippen molar-refractivity contribution >= 4 is 40.3 Å². The maximum Gasteiger partial charge on any atom is 0.341 e. The number of fused-ring (bicyclic) bond motifs is 1. The summed E-state index contributed by atoms with van der Waals surface area (Å²) in [6.07, 6.45) is 1.71. The summed E-state index contributed by atoms with van der Waals surface area (Å²) in [6, 6.07) is 21.9. The molecule has 4 aromatic rings. The van der Waals surface area contributed by atoms with E-state index in [0.29, 0.717) is 50.2 Å². The van der Waals surface area contributed by atoms with Crippen molar-refractivity contribution in [3.8, 4) is 0 Å². The molecule has 0 saturated carbocycles. The molecule has 0 spiro atoms. The highest BCUT2D eigenvalue weighted by molar-refractivity contribution is 7.78. The molecule has 9 heteroatoms. The zero-order chi connectivity index (χ0) is 26.9. The number of hydrogen-bond donors (Lipinski definition) is 1. The number of aromatic carboxylic acids is 1. The molecular formula is C29H29FN3O4P. The van der Waals surface area contributed by atoms with Crippen molar-refractivity contribution in [3.05, 3.63) is 101 Å². The number of carboxylic acid groups (broad SMARTS) is 1. The zero-order valence-electron chi connectivity index (χ0n) is 21.1. The predicted octanol–water partition coefficient (Wildman–Crippen LogP) is 3.95. The van der Waals surface area contributed by atoms with Crippen LogP contribution in [-0.2, 0) is 11.1 Å². The molecule has 196 valence electrons. The molecule has 0 atom stereocenters. The molecular weight excluding hydrogens is 504 g/mol. The van der Waals surface area contributed by atoms with Gasteiger partial charge in [-0.2, -0.15) is 0 Å². The van der Waals surface area contributed by atoms with Crippen LogP contribution in [0.2, 0.25) is 0 Å². The lowest BCUT2D eigenvalue weighted by Gasteiger charge is -2.38. The van der Waals surface area contributed by atoms with Crippen LogP contribution in [0.25, 0.3) is 10.9 Å². The van der Waals surface area contributed by atoms with Gasteiger partial charge in [-0.05, 0) is 19.1 Å². The standard InChI is InChI=1S/C29H29FN3O4P/c1-2-32-19-24(29(35)36)28(34)23-17-25(30)27(18-26(23)32)33-15-13-31(14-16-33)20-38(37,21-9-5-3-6-10-21)22-11-7-4-8-12-22/h3-12,17-19H,2,13-16,20H2,1H3,(H,35,36). The molecule has 0 aliphatic carbocycles. The van der Waals surface area contributed by atoms with Crippen molar-refractivity contribution in [2.75, 3.05) is 37.4 Å². The number of carboxylic acids is 1. The fourth-order valence-corrected chi connectivity index (χ4v) is 7.90. The number of aryl methyl sites for hydroxylation is 1. The van der Waals surface area contributed by atoms with Crippen LogP contribution >= 0.6 is 7.14 Å². The molecule has 1 aromatic heterocycles. The van der Waals surface area contributed by atoms with Crippen molar-refractivity contribution in [2.24, 2.45) is 0 Å². The van der Waals surface area contributed by atoms with Gasteiger partial charge in [0.25, 0.3) is 0 Å². The predicted molar refractivity (Wildman–Crippen MR) is 149 cm³/mol. The minimum absolute atomic E-state index is 0.0540. The Labute approximate surface area is 220 Å². The highest BCUT2D eigenvalue weighted by Crippen LogP contribution is 2.44. The molecule has 3 aromatic carbocycles. The van der Waals surface area contributed by atoms with Crippen LogP contribution in [0.3, 0.4) is 0 Å². The Hall–Kier alpha value is -3.74. The first-order valence-corrected chi connectivity index (χ1v) is 14.5. The van der Waals surface area contributed by atoms with Crippen molar-refractivity contribution in [3.63, 3.8) is 0 Å².